The van der Waals surface area contributed by atoms with Crippen LogP contribution < -0.4 is 11.1 Å². The highest BCUT2D eigenvalue weighted by molar-refractivity contribution is 4.99. The first-order valence-corrected chi connectivity index (χ1v) is 9.92. The van der Waals surface area contributed by atoms with Crippen LogP contribution in [0.15, 0.2) is 48.6 Å². The molecule has 0 saturated carbocycles. The standard InChI is InChI=1S/C22H40N2/c1-2-3-4-5-6-7-8-9-10-11-12-13-14-15-16-17-18-19-21-24-22-20-23/h6-7,9-10,12-13,15-16,24H,2-5,8,11,14,17-23H2,1H3. The summed E-state index contributed by atoms with van der Waals surface area (Å²) >= 11 is 0. The Balaban J connectivity index is 3.33. The number of hydrogen-bond donors (Lipinski definition) is 2. The molecule has 0 aromatic carbocycles. The summed E-state index contributed by atoms with van der Waals surface area (Å²) in [5.74, 6) is 0. The van der Waals surface area contributed by atoms with Crippen LogP contribution in [0, 0.1) is 0 Å². The van der Waals surface area contributed by atoms with Crippen LogP contribution in [0.3, 0.4) is 0 Å². The molecule has 24 heavy (non-hydrogen) atoms. The molecule has 0 aromatic rings. The average Bonchev–Trinajstić information content (AvgIpc) is 2.60. The normalized spacial score (nSPS) is 12.6. The summed E-state index contributed by atoms with van der Waals surface area (Å²) in [6.45, 7) is 5.01. The van der Waals surface area contributed by atoms with E-state index in [1.54, 1.807) is 0 Å². The zero-order valence-corrected chi connectivity index (χ0v) is 15.9. The Morgan fingerprint density at radius 2 is 1.12 bits per heavy atom. The van der Waals surface area contributed by atoms with Crippen molar-refractivity contribution >= 4 is 0 Å². The number of hydrogen-bond acceptors (Lipinski definition) is 2. The van der Waals surface area contributed by atoms with Crippen molar-refractivity contribution in [1.82, 2.24) is 5.32 Å². The van der Waals surface area contributed by atoms with E-state index in [9.17, 15) is 0 Å². The molecular weight excluding hydrogens is 292 g/mol. The lowest BCUT2D eigenvalue weighted by molar-refractivity contribution is 0.631. The van der Waals surface area contributed by atoms with Gasteiger partial charge in [-0.05, 0) is 57.9 Å². The topological polar surface area (TPSA) is 38.0 Å². The van der Waals surface area contributed by atoms with Gasteiger partial charge in [0.2, 0.25) is 0 Å². The van der Waals surface area contributed by atoms with E-state index >= 15 is 0 Å². The molecule has 0 bridgehead atoms. The molecule has 0 unspecified atom stereocenters. The zero-order valence-electron chi connectivity index (χ0n) is 15.9. The van der Waals surface area contributed by atoms with Crippen LogP contribution in [0.2, 0.25) is 0 Å². The Bertz CT molecular complexity index is 340. The third-order valence-electron chi connectivity index (χ3n) is 3.75. The summed E-state index contributed by atoms with van der Waals surface area (Å²) < 4.78 is 0. The van der Waals surface area contributed by atoms with Crippen LogP contribution >= 0.6 is 0 Å². The van der Waals surface area contributed by atoms with E-state index in [1.807, 2.05) is 0 Å². The third kappa shape index (κ3) is 20.9. The van der Waals surface area contributed by atoms with Crippen molar-refractivity contribution in [2.75, 3.05) is 19.6 Å². The van der Waals surface area contributed by atoms with Gasteiger partial charge in [-0.25, -0.2) is 0 Å². The molecule has 0 aromatic heterocycles. The molecule has 138 valence electrons. The number of rotatable bonds is 17. The molecule has 0 saturated heterocycles. The van der Waals surface area contributed by atoms with Gasteiger partial charge >= 0.3 is 0 Å². The Kier molecular flexibility index (Phi) is 20.9. The maximum atomic E-state index is 5.42. The molecule has 0 aliphatic rings. The van der Waals surface area contributed by atoms with Crippen molar-refractivity contribution in [1.29, 1.82) is 0 Å². The number of nitrogens with one attached hydrogen (secondary N) is 1. The zero-order chi connectivity index (χ0) is 17.6. The minimum Gasteiger partial charge on any atom is -0.329 e. The van der Waals surface area contributed by atoms with Gasteiger partial charge in [-0.2, -0.15) is 0 Å². The SMILES string of the molecule is CCCCCC=CCC=CCC=CCC=CCCCCNCCN. The highest BCUT2D eigenvalue weighted by Gasteiger charge is 1.86. The maximum Gasteiger partial charge on any atom is 0.00745 e. The van der Waals surface area contributed by atoms with Crippen LogP contribution in [0.25, 0.3) is 0 Å². The van der Waals surface area contributed by atoms with E-state index in [-0.39, 0.29) is 0 Å². The quantitative estimate of drug-likeness (QED) is 0.265. The second-order valence-corrected chi connectivity index (χ2v) is 6.12. The van der Waals surface area contributed by atoms with Gasteiger partial charge in [0.05, 0.1) is 0 Å². The fraction of sp³-hybridized carbons (Fsp3) is 0.636. The summed E-state index contributed by atoms with van der Waals surface area (Å²) in [6.07, 6.45) is 30.3. The van der Waals surface area contributed by atoms with Crippen LogP contribution in [0.1, 0.15) is 71.1 Å². The molecule has 0 spiro atoms. The monoisotopic (exact) mass is 332 g/mol. The van der Waals surface area contributed by atoms with E-state index < -0.39 is 0 Å². The Morgan fingerprint density at radius 3 is 1.62 bits per heavy atom. The van der Waals surface area contributed by atoms with Crippen LogP contribution in [0.5, 0.6) is 0 Å². The minimum absolute atomic E-state index is 0.733. The first kappa shape index (κ1) is 22.9. The maximum absolute atomic E-state index is 5.42. The third-order valence-corrected chi connectivity index (χ3v) is 3.75. The Hall–Kier alpha value is -1.12. The summed E-state index contributed by atoms with van der Waals surface area (Å²) in [5.41, 5.74) is 5.42. The second-order valence-electron chi connectivity index (χ2n) is 6.12. The first-order chi connectivity index (χ1) is 11.9. The second kappa shape index (κ2) is 21.9. The predicted molar refractivity (Wildman–Crippen MR) is 110 cm³/mol. The molecule has 0 aliphatic heterocycles. The molecular formula is C22H40N2. The van der Waals surface area contributed by atoms with E-state index in [0.717, 1.165) is 38.9 Å². The number of allylic oxidation sites excluding steroid dienone is 8. The summed E-state index contributed by atoms with van der Waals surface area (Å²) in [7, 11) is 0. The van der Waals surface area contributed by atoms with E-state index in [1.165, 1.54) is 44.9 Å². The number of unbranched alkanes of at least 4 members (excludes halogenated alkanes) is 5. The molecule has 0 rings (SSSR count). The largest absolute Gasteiger partial charge is 0.329 e. The first-order valence-electron chi connectivity index (χ1n) is 9.92. The highest BCUT2D eigenvalue weighted by Crippen LogP contribution is 2.01. The van der Waals surface area contributed by atoms with E-state index in [2.05, 4.69) is 60.8 Å². The fourth-order valence-corrected chi connectivity index (χ4v) is 2.30. The molecule has 0 radical (unpaired) electrons. The highest BCUT2D eigenvalue weighted by atomic mass is 14.9. The van der Waals surface area contributed by atoms with Crippen LogP contribution in [-0.2, 0) is 0 Å². The fourth-order valence-electron chi connectivity index (χ4n) is 2.30. The summed E-state index contributed by atoms with van der Waals surface area (Å²) in [4.78, 5) is 0. The average molecular weight is 333 g/mol. The lowest BCUT2D eigenvalue weighted by Crippen LogP contribution is -2.23. The minimum atomic E-state index is 0.733. The van der Waals surface area contributed by atoms with Crippen molar-refractivity contribution in [2.24, 2.45) is 5.73 Å². The van der Waals surface area contributed by atoms with Gasteiger partial charge in [0.1, 0.15) is 0 Å². The van der Waals surface area contributed by atoms with E-state index in [0.29, 0.717) is 0 Å². The molecule has 0 fully saturated rings. The summed E-state index contributed by atoms with van der Waals surface area (Å²) in [5, 5.41) is 3.32. The van der Waals surface area contributed by atoms with Crippen molar-refractivity contribution in [3.63, 3.8) is 0 Å². The lowest BCUT2D eigenvalue weighted by atomic mass is 10.2. The summed E-state index contributed by atoms with van der Waals surface area (Å²) in [6, 6.07) is 0. The van der Waals surface area contributed by atoms with Gasteiger partial charge in [-0.15, -0.1) is 0 Å². The molecule has 2 heteroatoms. The van der Waals surface area contributed by atoms with Crippen molar-refractivity contribution in [2.45, 2.75) is 71.1 Å². The molecule has 0 aliphatic carbocycles. The predicted octanol–water partition coefficient (Wildman–Crippen LogP) is 5.68. The Labute approximate surface area is 151 Å². The van der Waals surface area contributed by atoms with Gasteiger partial charge < -0.3 is 11.1 Å². The molecule has 3 N–H and O–H groups in total. The van der Waals surface area contributed by atoms with Crippen LogP contribution in [-0.4, -0.2) is 19.6 Å². The van der Waals surface area contributed by atoms with Gasteiger partial charge in [0.25, 0.3) is 0 Å². The number of nitrogens with two attached hydrogens (primary N) is 1. The molecule has 2 nitrogen and oxygen atoms in total. The van der Waals surface area contributed by atoms with Crippen molar-refractivity contribution in [3.8, 4) is 0 Å². The molecule has 0 atom stereocenters. The van der Waals surface area contributed by atoms with Gasteiger partial charge in [0, 0.05) is 13.1 Å². The molecule has 0 heterocycles. The molecule has 0 amide bonds. The van der Waals surface area contributed by atoms with Crippen molar-refractivity contribution in [3.05, 3.63) is 48.6 Å². The smallest absolute Gasteiger partial charge is 0.00745 e. The lowest BCUT2D eigenvalue weighted by Gasteiger charge is -2.00. The van der Waals surface area contributed by atoms with Crippen LogP contribution in [0.4, 0.5) is 0 Å². The van der Waals surface area contributed by atoms with E-state index in [4.69, 9.17) is 5.73 Å². The Morgan fingerprint density at radius 1 is 0.625 bits per heavy atom. The van der Waals surface area contributed by atoms with Gasteiger partial charge in [-0.3, -0.25) is 0 Å². The van der Waals surface area contributed by atoms with Gasteiger partial charge in [0.15, 0.2) is 0 Å². The van der Waals surface area contributed by atoms with Gasteiger partial charge in [-0.1, -0.05) is 68.4 Å². The van der Waals surface area contributed by atoms with Crippen molar-refractivity contribution < 1.29 is 0 Å².